The summed E-state index contributed by atoms with van der Waals surface area (Å²) in [5, 5.41) is 8.45. The second-order valence-corrected chi connectivity index (χ2v) is 4.34. The largest absolute Gasteiger partial charge is 0.491 e. The molecule has 0 fully saturated rings. The van der Waals surface area contributed by atoms with E-state index >= 15 is 0 Å². The summed E-state index contributed by atoms with van der Waals surface area (Å²) in [6.07, 6.45) is -4.81. The number of rotatable bonds is 4. The van der Waals surface area contributed by atoms with Crippen LogP contribution in [0.15, 0.2) is 24.3 Å². The maximum Gasteiger partial charge on any atom is 0.405 e. The van der Waals surface area contributed by atoms with Gasteiger partial charge in [-0.05, 0) is 34.7 Å². The highest BCUT2D eigenvalue weighted by atomic mass is 127. The smallest absolute Gasteiger partial charge is 0.405 e. The highest BCUT2D eigenvalue weighted by molar-refractivity contribution is 14.1. The van der Waals surface area contributed by atoms with E-state index in [1.54, 1.807) is 18.2 Å². The number of carboxylic acids is 1. The van der Waals surface area contributed by atoms with Crippen LogP contribution in [-0.2, 0) is 4.79 Å². The molecule has 1 rings (SSSR count). The van der Waals surface area contributed by atoms with Gasteiger partial charge in [-0.3, -0.25) is 4.79 Å². The fraction of sp³-hybridized carbons (Fsp3) is 0.300. The summed E-state index contributed by atoms with van der Waals surface area (Å²) >= 11 is 1.89. The Bertz CT molecular complexity index is 406. The summed E-state index contributed by atoms with van der Waals surface area (Å²) in [4.78, 5) is 10.5. The summed E-state index contributed by atoms with van der Waals surface area (Å²) in [7, 11) is 0. The van der Waals surface area contributed by atoms with Gasteiger partial charge in [0.15, 0.2) is 5.92 Å². The monoisotopic (exact) mass is 360 g/mol. The van der Waals surface area contributed by atoms with Crippen molar-refractivity contribution in [2.75, 3.05) is 6.61 Å². The van der Waals surface area contributed by atoms with Crippen LogP contribution in [0, 0.1) is 9.49 Å². The number of halogens is 4. The topological polar surface area (TPSA) is 46.5 Å². The Hall–Kier alpha value is -0.990. The lowest BCUT2D eigenvalue weighted by atomic mass is 10.1. The van der Waals surface area contributed by atoms with E-state index in [2.05, 4.69) is 0 Å². The Labute approximate surface area is 109 Å². The Morgan fingerprint density at radius 3 is 2.47 bits per heavy atom. The zero-order valence-corrected chi connectivity index (χ0v) is 10.5. The van der Waals surface area contributed by atoms with Crippen LogP contribution in [0.4, 0.5) is 13.2 Å². The lowest BCUT2D eigenvalue weighted by Gasteiger charge is -2.17. The molecular formula is C10H8F3IO3. The Morgan fingerprint density at radius 1 is 1.41 bits per heavy atom. The SMILES string of the molecule is O=C(O)C(COc1ccccc1I)C(F)(F)F. The molecule has 0 amide bonds. The van der Waals surface area contributed by atoms with E-state index in [1.165, 1.54) is 6.07 Å². The minimum atomic E-state index is -4.81. The number of para-hydroxylation sites is 1. The van der Waals surface area contributed by atoms with E-state index in [4.69, 9.17) is 9.84 Å². The molecule has 0 aromatic heterocycles. The number of hydrogen-bond acceptors (Lipinski definition) is 2. The van der Waals surface area contributed by atoms with Gasteiger partial charge in [0.1, 0.15) is 12.4 Å². The molecule has 1 aromatic carbocycles. The van der Waals surface area contributed by atoms with E-state index in [0.717, 1.165) is 0 Å². The van der Waals surface area contributed by atoms with E-state index in [0.29, 0.717) is 3.57 Å². The standard InChI is InChI=1S/C10H8F3IO3/c11-10(12,13)6(9(15)16)5-17-8-4-2-1-3-7(8)14/h1-4,6H,5H2,(H,15,16). The predicted octanol–water partition coefficient (Wildman–Crippen LogP) is 2.93. The predicted molar refractivity (Wildman–Crippen MR) is 61.8 cm³/mol. The first-order valence-corrected chi connectivity index (χ1v) is 5.57. The normalized spacial score (nSPS) is 13.2. The third kappa shape index (κ3) is 4.06. The molecule has 7 heteroatoms. The van der Waals surface area contributed by atoms with Gasteiger partial charge in [0, 0.05) is 0 Å². The molecule has 0 saturated heterocycles. The summed E-state index contributed by atoms with van der Waals surface area (Å²) in [5.41, 5.74) is 0. The Balaban J connectivity index is 2.72. The number of carbonyl (C=O) groups is 1. The van der Waals surface area contributed by atoms with Crippen molar-refractivity contribution in [3.05, 3.63) is 27.8 Å². The van der Waals surface area contributed by atoms with E-state index in [-0.39, 0.29) is 5.75 Å². The summed E-state index contributed by atoms with van der Waals surface area (Å²) in [6.45, 7) is -0.932. The van der Waals surface area contributed by atoms with Crippen molar-refractivity contribution >= 4 is 28.6 Å². The zero-order valence-electron chi connectivity index (χ0n) is 8.37. The molecule has 0 aliphatic heterocycles. The number of benzene rings is 1. The summed E-state index contributed by atoms with van der Waals surface area (Å²) in [5.74, 6) is -4.22. The molecule has 0 aliphatic rings. The second-order valence-electron chi connectivity index (χ2n) is 3.17. The quantitative estimate of drug-likeness (QED) is 0.840. The van der Waals surface area contributed by atoms with Gasteiger partial charge in [-0.2, -0.15) is 13.2 Å². The first kappa shape index (κ1) is 14.1. The molecule has 1 aromatic rings. The molecule has 94 valence electrons. The Kier molecular flexibility index (Phi) is 4.61. The molecule has 0 heterocycles. The number of ether oxygens (including phenoxy) is 1. The van der Waals surface area contributed by atoms with Crippen LogP contribution in [0.25, 0.3) is 0 Å². The highest BCUT2D eigenvalue weighted by Crippen LogP contribution is 2.28. The van der Waals surface area contributed by atoms with Crippen LogP contribution in [0.2, 0.25) is 0 Å². The number of carboxylic acid groups (broad SMARTS) is 1. The molecule has 3 nitrogen and oxygen atoms in total. The van der Waals surface area contributed by atoms with E-state index < -0.39 is 24.7 Å². The van der Waals surface area contributed by atoms with Gasteiger partial charge in [0.05, 0.1) is 3.57 Å². The first-order chi connectivity index (χ1) is 7.82. The Morgan fingerprint density at radius 2 is 2.00 bits per heavy atom. The van der Waals surface area contributed by atoms with Gasteiger partial charge in [0.25, 0.3) is 0 Å². The van der Waals surface area contributed by atoms with Gasteiger partial charge in [-0.25, -0.2) is 0 Å². The molecule has 0 spiro atoms. The molecule has 1 N–H and O–H groups in total. The average molecular weight is 360 g/mol. The van der Waals surface area contributed by atoms with Crippen molar-refractivity contribution in [2.24, 2.45) is 5.92 Å². The second kappa shape index (κ2) is 5.56. The fourth-order valence-corrected chi connectivity index (χ4v) is 1.58. The minimum Gasteiger partial charge on any atom is -0.491 e. The van der Waals surface area contributed by atoms with Crippen LogP contribution < -0.4 is 4.74 Å². The van der Waals surface area contributed by atoms with Gasteiger partial charge in [-0.15, -0.1) is 0 Å². The van der Waals surface area contributed by atoms with Crippen LogP contribution in [0.1, 0.15) is 0 Å². The third-order valence-electron chi connectivity index (χ3n) is 1.94. The van der Waals surface area contributed by atoms with Crippen LogP contribution in [0.3, 0.4) is 0 Å². The number of hydrogen-bond donors (Lipinski definition) is 1. The van der Waals surface area contributed by atoms with Crippen molar-refractivity contribution in [3.8, 4) is 5.75 Å². The highest BCUT2D eigenvalue weighted by Gasteiger charge is 2.45. The maximum absolute atomic E-state index is 12.3. The lowest BCUT2D eigenvalue weighted by Crippen LogP contribution is -2.35. The number of alkyl halides is 3. The third-order valence-corrected chi connectivity index (χ3v) is 2.83. The molecule has 1 atom stereocenters. The summed E-state index contributed by atoms with van der Waals surface area (Å²) < 4.78 is 42.4. The first-order valence-electron chi connectivity index (χ1n) is 4.49. The minimum absolute atomic E-state index is 0.239. The van der Waals surface area contributed by atoms with Gasteiger partial charge in [0.2, 0.25) is 0 Å². The van der Waals surface area contributed by atoms with Gasteiger partial charge < -0.3 is 9.84 Å². The summed E-state index contributed by atoms with van der Waals surface area (Å²) in [6, 6.07) is 6.43. The molecule has 0 bridgehead atoms. The van der Waals surface area contributed by atoms with Gasteiger partial charge >= 0.3 is 12.1 Å². The molecule has 0 aliphatic carbocycles. The van der Waals surface area contributed by atoms with Crippen LogP contribution in [-0.4, -0.2) is 23.9 Å². The van der Waals surface area contributed by atoms with Crippen LogP contribution in [0.5, 0.6) is 5.75 Å². The van der Waals surface area contributed by atoms with Gasteiger partial charge in [-0.1, -0.05) is 12.1 Å². The van der Waals surface area contributed by atoms with E-state index in [9.17, 15) is 18.0 Å². The van der Waals surface area contributed by atoms with Crippen molar-refractivity contribution in [1.29, 1.82) is 0 Å². The van der Waals surface area contributed by atoms with E-state index in [1.807, 2.05) is 22.6 Å². The van der Waals surface area contributed by atoms with Crippen LogP contribution >= 0.6 is 22.6 Å². The zero-order chi connectivity index (χ0) is 13.1. The van der Waals surface area contributed by atoms with Crippen molar-refractivity contribution in [1.82, 2.24) is 0 Å². The molecular weight excluding hydrogens is 352 g/mol. The average Bonchev–Trinajstić information content (AvgIpc) is 2.18. The number of aliphatic carboxylic acids is 1. The fourth-order valence-electron chi connectivity index (χ4n) is 1.04. The molecule has 0 radical (unpaired) electrons. The van der Waals surface area contributed by atoms with Crippen molar-refractivity contribution in [2.45, 2.75) is 6.18 Å². The van der Waals surface area contributed by atoms with Crippen molar-refractivity contribution < 1.29 is 27.8 Å². The van der Waals surface area contributed by atoms with Crippen molar-refractivity contribution in [3.63, 3.8) is 0 Å². The lowest BCUT2D eigenvalue weighted by molar-refractivity contribution is -0.198. The molecule has 0 saturated carbocycles. The molecule has 17 heavy (non-hydrogen) atoms. The molecule has 1 unspecified atom stereocenters. The maximum atomic E-state index is 12.3.